The monoisotopic (exact) mass is 840 g/mol. The fourth-order valence-corrected chi connectivity index (χ4v) is 7.80. The molecule has 0 aliphatic heterocycles. The maximum absolute atomic E-state index is 14.3. The number of hydrogen-bond acceptors (Lipinski definition) is 7. The van der Waals surface area contributed by atoms with Gasteiger partial charge in [-0.25, -0.2) is 9.97 Å². The maximum Gasteiger partial charge on any atom is 0.243 e. The zero-order valence-corrected chi connectivity index (χ0v) is 36.1. The van der Waals surface area contributed by atoms with Crippen molar-refractivity contribution in [1.29, 1.82) is 0 Å². The van der Waals surface area contributed by atoms with Crippen LogP contribution in [0.4, 0.5) is 0 Å². The highest BCUT2D eigenvalue weighted by Crippen LogP contribution is 2.24. The molecule has 0 saturated heterocycles. The second-order valence-electron chi connectivity index (χ2n) is 16.5. The zero-order valence-electron chi connectivity index (χ0n) is 36.1. The molecular weight excluding hydrogens is 781 g/mol. The number of carbonyl (C=O) groups excluding carboxylic acids is 4. The van der Waals surface area contributed by atoms with Gasteiger partial charge in [-0.1, -0.05) is 125 Å². The van der Waals surface area contributed by atoms with Crippen LogP contribution in [0.3, 0.4) is 0 Å². The molecule has 2 aromatic heterocycles. The number of carbonyl (C=O) groups is 4. The number of aliphatic hydroxyl groups excluding tert-OH is 1. The fraction of sp³-hybridized carbons (Fsp3) is 0.388. The van der Waals surface area contributed by atoms with Gasteiger partial charge in [-0.05, 0) is 72.9 Å². The smallest absolute Gasteiger partial charge is 0.243 e. The molecule has 1 unspecified atom stereocenters. The summed E-state index contributed by atoms with van der Waals surface area (Å²) < 4.78 is 0. The average molecular weight is 841 g/mol. The number of hydrogen-bond donors (Lipinski definition) is 7. The number of nitrogens with zero attached hydrogens (tertiary/aromatic N) is 2. The number of H-pyrrole nitrogens is 2. The van der Waals surface area contributed by atoms with Gasteiger partial charge in [-0.2, -0.15) is 0 Å². The largest absolute Gasteiger partial charge is 0.393 e. The minimum Gasteiger partial charge on any atom is -0.393 e. The van der Waals surface area contributed by atoms with Crippen LogP contribution in [-0.2, 0) is 45.1 Å². The predicted molar refractivity (Wildman–Crippen MR) is 241 cm³/mol. The molecule has 7 atom stereocenters. The third-order valence-electron chi connectivity index (χ3n) is 11.8. The number of aromatic amines is 2. The first-order valence-corrected chi connectivity index (χ1v) is 21.8. The topological polar surface area (TPSA) is 194 Å². The molecule has 0 saturated carbocycles. The van der Waals surface area contributed by atoms with Crippen molar-refractivity contribution in [3.63, 3.8) is 0 Å². The van der Waals surface area contributed by atoms with E-state index >= 15 is 0 Å². The second kappa shape index (κ2) is 22.0. The van der Waals surface area contributed by atoms with E-state index in [0.29, 0.717) is 37.3 Å². The summed E-state index contributed by atoms with van der Waals surface area (Å²) in [5.74, 6) is -2.00. The van der Waals surface area contributed by atoms with Gasteiger partial charge in [0.15, 0.2) is 0 Å². The maximum atomic E-state index is 14.3. The number of aliphatic hydroxyl groups is 1. The summed E-state index contributed by atoms with van der Waals surface area (Å²) in [6.45, 7) is 8.10. The fourth-order valence-electron chi connectivity index (χ4n) is 7.80. The number of nitrogens with one attached hydrogen (secondary N) is 6. The van der Waals surface area contributed by atoms with Gasteiger partial charge in [0.25, 0.3) is 0 Å². The van der Waals surface area contributed by atoms with Crippen molar-refractivity contribution < 1.29 is 24.3 Å². The summed E-state index contributed by atoms with van der Waals surface area (Å²) >= 11 is 0. The summed E-state index contributed by atoms with van der Waals surface area (Å²) in [6, 6.07) is 32.7. The highest BCUT2D eigenvalue weighted by Gasteiger charge is 2.34. The molecule has 326 valence electrons. The molecule has 0 aliphatic rings. The number of para-hydroxylation sites is 4. The van der Waals surface area contributed by atoms with E-state index in [1.54, 1.807) is 0 Å². The molecule has 7 N–H and O–H groups in total. The van der Waals surface area contributed by atoms with E-state index < -0.39 is 30.0 Å². The average Bonchev–Trinajstić information content (AvgIpc) is 3.92. The van der Waals surface area contributed by atoms with Crippen molar-refractivity contribution in [3.8, 4) is 0 Å². The van der Waals surface area contributed by atoms with Crippen LogP contribution >= 0.6 is 0 Å². The lowest BCUT2D eigenvalue weighted by Crippen LogP contribution is -2.52. The predicted octanol–water partition coefficient (Wildman–Crippen LogP) is 6.29. The zero-order chi connectivity index (χ0) is 44.0. The second-order valence-corrected chi connectivity index (χ2v) is 16.5. The standard InChI is InChI=1S/C49H60N8O5/c1-5-31(3)44(48(61)50-29-42-52-38-21-13-14-22-39(38)53-42)56-46(59)35(25-33-17-9-7-10-18-33)27-37(58)28-36(26-34-19-11-8-12-20-34)47(60)57-45(32(4)6-2)49(62)51-30-43-54-40-23-15-16-24-41(40)55-43/h7-24,31-32,35-37,44-45,58H,5-6,25-30H2,1-4H3,(H,50,61)(H,51,62)(H,52,53)(H,54,55)(H,56,59)(H,57,60)/t31-,32-,35-,36+,37?,44-,45+/m0/s1. The Labute approximate surface area is 363 Å². The molecule has 2 heterocycles. The Bertz CT molecular complexity index is 2150. The molecule has 62 heavy (non-hydrogen) atoms. The molecule has 0 fully saturated rings. The molecule has 6 rings (SSSR count). The van der Waals surface area contributed by atoms with E-state index in [1.165, 1.54) is 0 Å². The molecule has 13 nitrogen and oxygen atoms in total. The van der Waals surface area contributed by atoms with E-state index in [9.17, 15) is 24.3 Å². The van der Waals surface area contributed by atoms with Crippen LogP contribution in [0.25, 0.3) is 22.1 Å². The van der Waals surface area contributed by atoms with Crippen LogP contribution in [0.5, 0.6) is 0 Å². The van der Waals surface area contributed by atoms with Gasteiger partial charge in [-0.15, -0.1) is 0 Å². The van der Waals surface area contributed by atoms with Crippen LogP contribution in [0.1, 0.15) is 76.2 Å². The Kier molecular flexibility index (Phi) is 16.0. The Morgan fingerprint density at radius 2 is 0.919 bits per heavy atom. The number of aromatic nitrogens is 4. The quantitative estimate of drug-likeness (QED) is 0.0417. The third-order valence-corrected chi connectivity index (χ3v) is 11.8. The number of imidazole rings is 2. The molecule has 4 aromatic carbocycles. The molecule has 0 aliphatic carbocycles. The first-order valence-electron chi connectivity index (χ1n) is 21.8. The summed E-state index contributed by atoms with van der Waals surface area (Å²) in [6.07, 6.45) is 0.923. The normalized spacial score (nSPS) is 14.9. The van der Waals surface area contributed by atoms with Crippen molar-refractivity contribution in [1.82, 2.24) is 41.2 Å². The van der Waals surface area contributed by atoms with Crippen molar-refractivity contribution >= 4 is 45.7 Å². The van der Waals surface area contributed by atoms with Crippen molar-refractivity contribution in [3.05, 3.63) is 132 Å². The van der Waals surface area contributed by atoms with Crippen LogP contribution in [0.15, 0.2) is 109 Å². The van der Waals surface area contributed by atoms with E-state index in [4.69, 9.17) is 0 Å². The molecule has 0 radical (unpaired) electrons. The van der Waals surface area contributed by atoms with E-state index in [0.717, 1.165) is 33.2 Å². The van der Waals surface area contributed by atoms with Gasteiger partial charge in [-0.3, -0.25) is 19.2 Å². The van der Waals surface area contributed by atoms with Gasteiger partial charge >= 0.3 is 0 Å². The molecule has 13 heteroatoms. The Morgan fingerprint density at radius 3 is 1.29 bits per heavy atom. The molecular formula is C49H60N8O5. The SMILES string of the molecule is CC[C@H](C)[C@H](NC(=O)[C@@H](Cc1ccccc1)CC(O)C[C@@H](Cc1ccccc1)C(=O)N[C@@H](C(=O)NCc1nc2ccccc2[nH]1)[C@@H](C)CC)C(=O)NCc1nc2ccccc2[nH]1. The lowest BCUT2D eigenvalue weighted by Gasteiger charge is -2.29. The lowest BCUT2D eigenvalue weighted by atomic mass is 9.86. The van der Waals surface area contributed by atoms with E-state index in [1.807, 2.05) is 137 Å². The number of fused-ring (bicyclic) bond motifs is 2. The van der Waals surface area contributed by atoms with Gasteiger partial charge in [0.2, 0.25) is 23.6 Å². The molecule has 6 aromatic rings. The molecule has 4 amide bonds. The van der Waals surface area contributed by atoms with Crippen molar-refractivity contribution in [2.24, 2.45) is 23.7 Å². The number of amides is 4. The van der Waals surface area contributed by atoms with Crippen molar-refractivity contribution in [2.45, 2.75) is 97.5 Å². The van der Waals surface area contributed by atoms with E-state index in [2.05, 4.69) is 41.2 Å². The minimum absolute atomic E-state index is 0.0416. The summed E-state index contributed by atoms with van der Waals surface area (Å²) in [5.41, 5.74) is 5.13. The van der Waals surface area contributed by atoms with E-state index in [-0.39, 0.29) is 61.4 Å². The van der Waals surface area contributed by atoms with Crippen LogP contribution < -0.4 is 21.3 Å². The Hall–Kier alpha value is -6.34. The van der Waals surface area contributed by atoms with Gasteiger partial charge in [0.1, 0.15) is 23.7 Å². The number of rotatable bonds is 22. The van der Waals surface area contributed by atoms with Crippen LogP contribution in [0, 0.1) is 23.7 Å². The van der Waals surface area contributed by atoms with Crippen LogP contribution in [0.2, 0.25) is 0 Å². The third kappa shape index (κ3) is 12.4. The van der Waals surface area contributed by atoms with Crippen molar-refractivity contribution in [2.75, 3.05) is 0 Å². The highest BCUT2D eigenvalue weighted by atomic mass is 16.3. The highest BCUT2D eigenvalue weighted by molar-refractivity contribution is 5.90. The first kappa shape index (κ1) is 45.2. The molecule has 0 bridgehead atoms. The number of benzene rings is 4. The summed E-state index contributed by atoms with van der Waals surface area (Å²) in [7, 11) is 0. The summed E-state index contributed by atoms with van der Waals surface area (Å²) in [4.78, 5) is 71.7. The van der Waals surface area contributed by atoms with Gasteiger partial charge in [0.05, 0.1) is 41.3 Å². The van der Waals surface area contributed by atoms with Crippen LogP contribution in [-0.4, -0.2) is 66.9 Å². The molecule has 0 spiro atoms. The minimum atomic E-state index is -1.07. The summed E-state index contributed by atoms with van der Waals surface area (Å²) in [5, 5.41) is 23.8. The Morgan fingerprint density at radius 1 is 0.548 bits per heavy atom. The Balaban J connectivity index is 1.16. The lowest BCUT2D eigenvalue weighted by molar-refractivity contribution is -0.134. The van der Waals surface area contributed by atoms with Gasteiger partial charge < -0.3 is 36.3 Å². The first-order chi connectivity index (χ1) is 30.0. The van der Waals surface area contributed by atoms with Gasteiger partial charge in [0, 0.05) is 11.8 Å².